The van der Waals surface area contributed by atoms with Crippen molar-refractivity contribution in [1.82, 2.24) is 9.62 Å². The highest BCUT2D eigenvalue weighted by atomic mass is 32.2. The molecule has 2 aliphatic rings. The first-order chi connectivity index (χ1) is 11.9. The number of carbonyl (C=O) groups excluding carboxylic acids is 2. The maximum Gasteiger partial charge on any atom is 0.275 e. The molecule has 2 amide bonds. The van der Waals surface area contributed by atoms with Crippen LogP contribution in [0.15, 0.2) is 64.9 Å². The Bertz CT molecular complexity index is 1060. The van der Waals surface area contributed by atoms with Crippen LogP contribution in [0.3, 0.4) is 0 Å². The van der Waals surface area contributed by atoms with Gasteiger partial charge < -0.3 is 15.7 Å². The smallest absolute Gasteiger partial charge is 0.275 e. The fourth-order valence-electron chi connectivity index (χ4n) is 2.55. The highest BCUT2D eigenvalue weighted by Gasteiger charge is 2.49. The molecule has 2 aromatic rings. The summed E-state index contributed by atoms with van der Waals surface area (Å²) in [6, 6.07) is 11.7. The molecule has 2 aliphatic heterocycles. The Balaban J connectivity index is 1.62. The number of benzene rings is 2. The van der Waals surface area contributed by atoms with E-state index in [1.807, 2.05) is 0 Å². The molecule has 3 N–H and O–H groups in total. The van der Waals surface area contributed by atoms with Crippen molar-refractivity contribution < 1.29 is 23.1 Å². The average Bonchev–Trinajstić information content (AvgIpc) is 3.33. The lowest BCUT2D eigenvalue weighted by molar-refractivity contribution is -0.112. The van der Waals surface area contributed by atoms with Crippen LogP contribution in [-0.4, -0.2) is 29.6 Å². The first-order valence-electron chi connectivity index (χ1n) is 7.20. The Kier molecular flexibility index (Phi) is 3.09. The van der Waals surface area contributed by atoms with Gasteiger partial charge in [0, 0.05) is 5.69 Å². The normalized spacial score (nSPS) is 17.1. The molecule has 0 aromatic heterocycles. The van der Waals surface area contributed by atoms with Crippen molar-refractivity contribution in [2.75, 3.05) is 5.32 Å². The standard InChI is InChI=1S/C16H11N3O5S/c20-10-7-5-9(6-8-10)17-15(21)13-14(18-13)19-16(22)11-3-1-2-4-12(11)25(19,23)24/h1-8,18,20H,(H,17,21). The average molecular weight is 357 g/mol. The van der Waals surface area contributed by atoms with E-state index in [-0.39, 0.29) is 27.7 Å². The highest BCUT2D eigenvalue weighted by molar-refractivity contribution is 7.90. The molecule has 0 fully saturated rings. The number of phenols is 1. The van der Waals surface area contributed by atoms with Crippen LogP contribution in [0.1, 0.15) is 10.4 Å². The number of aromatic hydroxyl groups is 1. The van der Waals surface area contributed by atoms with Gasteiger partial charge in [0.25, 0.3) is 21.8 Å². The Morgan fingerprint density at radius 2 is 1.76 bits per heavy atom. The Labute approximate surface area is 142 Å². The van der Waals surface area contributed by atoms with Crippen molar-refractivity contribution in [3.63, 3.8) is 0 Å². The summed E-state index contributed by atoms with van der Waals surface area (Å²) in [5.74, 6) is -1.29. The molecular weight excluding hydrogens is 346 g/mol. The summed E-state index contributed by atoms with van der Waals surface area (Å²) in [5.41, 5.74) is 0.488. The zero-order valence-electron chi connectivity index (χ0n) is 12.6. The first-order valence-corrected chi connectivity index (χ1v) is 8.64. The Morgan fingerprint density at radius 3 is 2.44 bits per heavy atom. The number of sulfonamides is 1. The fraction of sp³-hybridized carbons (Fsp3) is 0. The molecule has 0 saturated heterocycles. The van der Waals surface area contributed by atoms with Gasteiger partial charge in [0.15, 0.2) is 5.82 Å². The van der Waals surface area contributed by atoms with Gasteiger partial charge in [-0.05, 0) is 36.4 Å². The number of phenolic OH excluding ortho intramolecular Hbond substituents is 1. The van der Waals surface area contributed by atoms with Crippen LogP contribution in [0.5, 0.6) is 5.75 Å². The summed E-state index contributed by atoms with van der Waals surface area (Å²) >= 11 is 0. The minimum atomic E-state index is -4.03. The maximum absolute atomic E-state index is 12.5. The Hall–Kier alpha value is -3.33. The van der Waals surface area contributed by atoms with Crippen LogP contribution in [0.2, 0.25) is 0 Å². The lowest BCUT2D eigenvalue weighted by Crippen LogP contribution is -2.27. The van der Waals surface area contributed by atoms with Crippen LogP contribution in [0.25, 0.3) is 0 Å². The van der Waals surface area contributed by atoms with E-state index in [9.17, 15) is 23.1 Å². The van der Waals surface area contributed by atoms with Crippen molar-refractivity contribution in [3.05, 3.63) is 65.6 Å². The fourth-order valence-corrected chi connectivity index (χ4v) is 4.12. The number of rotatable bonds is 3. The molecular formula is C16H11N3O5S. The van der Waals surface area contributed by atoms with E-state index >= 15 is 0 Å². The quantitative estimate of drug-likeness (QED) is 0.702. The summed E-state index contributed by atoms with van der Waals surface area (Å²) in [5, 5.41) is 14.3. The van der Waals surface area contributed by atoms with E-state index in [1.165, 1.54) is 42.5 Å². The van der Waals surface area contributed by atoms with Gasteiger partial charge in [-0.15, -0.1) is 0 Å². The summed E-state index contributed by atoms with van der Waals surface area (Å²) in [6.07, 6.45) is 0. The van der Waals surface area contributed by atoms with Crippen LogP contribution in [-0.2, 0) is 14.8 Å². The molecule has 2 aromatic carbocycles. The van der Waals surface area contributed by atoms with Gasteiger partial charge >= 0.3 is 0 Å². The van der Waals surface area contributed by atoms with Crippen molar-refractivity contribution in [2.45, 2.75) is 4.90 Å². The van der Waals surface area contributed by atoms with E-state index in [4.69, 9.17) is 0 Å². The van der Waals surface area contributed by atoms with Crippen LogP contribution in [0.4, 0.5) is 5.69 Å². The highest BCUT2D eigenvalue weighted by Crippen LogP contribution is 2.36. The van der Waals surface area contributed by atoms with Gasteiger partial charge in [0.2, 0.25) is 0 Å². The molecule has 0 atom stereocenters. The molecule has 0 spiro atoms. The van der Waals surface area contributed by atoms with E-state index in [0.29, 0.717) is 9.99 Å². The zero-order valence-corrected chi connectivity index (χ0v) is 13.4. The number of nitrogens with zero attached hydrogens (tertiary/aromatic N) is 1. The third-order valence-electron chi connectivity index (χ3n) is 3.79. The zero-order chi connectivity index (χ0) is 17.8. The maximum atomic E-state index is 12.5. The molecule has 2 heterocycles. The minimum absolute atomic E-state index is 0.00203. The van der Waals surface area contributed by atoms with Crippen molar-refractivity contribution in [3.8, 4) is 5.75 Å². The summed E-state index contributed by atoms with van der Waals surface area (Å²) in [7, 11) is -4.03. The summed E-state index contributed by atoms with van der Waals surface area (Å²) < 4.78 is 25.6. The first kappa shape index (κ1) is 15.2. The van der Waals surface area contributed by atoms with Crippen molar-refractivity contribution in [1.29, 1.82) is 0 Å². The van der Waals surface area contributed by atoms with E-state index in [2.05, 4.69) is 10.6 Å². The van der Waals surface area contributed by atoms with E-state index in [1.54, 1.807) is 6.07 Å². The number of amides is 2. The van der Waals surface area contributed by atoms with Crippen molar-refractivity contribution >= 4 is 27.5 Å². The number of nitrogens with one attached hydrogen (secondary N) is 2. The van der Waals surface area contributed by atoms with Gasteiger partial charge in [-0.2, -0.15) is 4.31 Å². The second-order valence-corrected chi connectivity index (χ2v) is 7.18. The lowest BCUT2D eigenvalue weighted by atomic mass is 10.2. The third-order valence-corrected chi connectivity index (χ3v) is 5.53. The molecule has 9 heteroatoms. The predicted molar refractivity (Wildman–Crippen MR) is 86.7 cm³/mol. The summed E-state index contributed by atoms with van der Waals surface area (Å²) in [4.78, 5) is 24.5. The predicted octanol–water partition coefficient (Wildman–Crippen LogP) is 0.948. The lowest BCUT2D eigenvalue weighted by Gasteiger charge is -2.08. The van der Waals surface area contributed by atoms with Crippen molar-refractivity contribution in [2.24, 2.45) is 0 Å². The van der Waals surface area contributed by atoms with E-state index in [0.717, 1.165) is 0 Å². The van der Waals surface area contributed by atoms with E-state index < -0.39 is 21.8 Å². The van der Waals surface area contributed by atoms with Gasteiger partial charge in [0.05, 0.1) is 5.56 Å². The molecule has 126 valence electrons. The van der Waals surface area contributed by atoms with Gasteiger partial charge in [-0.3, -0.25) is 9.59 Å². The van der Waals surface area contributed by atoms with Gasteiger partial charge in [-0.1, -0.05) is 12.1 Å². The largest absolute Gasteiger partial charge is 0.508 e. The Morgan fingerprint density at radius 1 is 1.08 bits per heavy atom. The molecule has 0 aliphatic carbocycles. The van der Waals surface area contributed by atoms with Gasteiger partial charge in [0.1, 0.15) is 16.3 Å². The second kappa shape index (κ2) is 5.08. The van der Waals surface area contributed by atoms with Crippen LogP contribution >= 0.6 is 0 Å². The molecule has 25 heavy (non-hydrogen) atoms. The SMILES string of the molecule is O=C(Nc1ccc(O)cc1)C1=C(N2C(=O)c3ccccc3S2(=O)=O)N1. The minimum Gasteiger partial charge on any atom is -0.508 e. The third kappa shape index (κ3) is 2.32. The van der Waals surface area contributed by atoms with Gasteiger partial charge in [-0.25, -0.2) is 8.42 Å². The number of carbonyl (C=O) groups is 2. The molecule has 0 bridgehead atoms. The molecule has 4 rings (SSSR count). The second-order valence-electron chi connectivity index (χ2n) is 5.42. The number of hydrogen-bond acceptors (Lipinski definition) is 6. The number of anilines is 1. The molecule has 8 nitrogen and oxygen atoms in total. The number of hydrogen-bond donors (Lipinski definition) is 3. The molecule has 0 unspecified atom stereocenters. The summed E-state index contributed by atoms with van der Waals surface area (Å²) in [6.45, 7) is 0. The number of fused-ring (bicyclic) bond motifs is 1. The monoisotopic (exact) mass is 357 g/mol. The molecule has 0 saturated carbocycles. The topological polar surface area (TPSA) is 126 Å². The van der Waals surface area contributed by atoms with Crippen LogP contribution in [0, 0.1) is 0 Å². The molecule has 0 radical (unpaired) electrons. The van der Waals surface area contributed by atoms with Crippen LogP contribution < -0.4 is 10.6 Å².